The van der Waals surface area contributed by atoms with Crippen molar-refractivity contribution in [3.8, 4) is 0 Å². The van der Waals surface area contributed by atoms with Crippen LogP contribution in [0.2, 0.25) is 0 Å². The van der Waals surface area contributed by atoms with Crippen LogP contribution in [0.5, 0.6) is 0 Å². The number of alkyl halides is 1. The average molecular weight is 247 g/mol. The summed E-state index contributed by atoms with van der Waals surface area (Å²) in [5.41, 5.74) is 2.38. The van der Waals surface area contributed by atoms with Gasteiger partial charge in [0, 0.05) is 6.42 Å². The highest BCUT2D eigenvalue weighted by Crippen LogP contribution is 2.33. The van der Waals surface area contributed by atoms with Gasteiger partial charge in [-0.1, -0.05) is 0 Å². The maximum atomic E-state index is 13.7. The van der Waals surface area contributed by atoms with Gasteiger partial charge < -0.3 is 15.6 Å². The molecule has 6 nitrogen and oxygen atoms in total. The first-order chi connectivity index (χ1) is 7.95. The van der Waals surface area contributed by atoms with Gasteiger partial charge >= 0.3 is 5.69 Å². The maximum absolute atomic E-state index is 13.7. The van der Waals surface area contributed by atoms with Gasteiger partial charge in [-0.25, -0.2) is 13.6 Å². The molecular formula is C9H11F2N3O3. The van der Waals surface area contributed by atoms with Gasteiger partial charge in [0.2, 0.25) is 0 Å². The molecule has 0 unspecified atom stereocenters. The van der Waals surface area contributed by atoms with E-state index in [4.69, 9.17) is 15.6 Å². The molecule has 0 bridgehead atoms. The van der Waals surface area contributed by atoms with Crippen molar-refractivity contribution in [3.63, 3.8) is 0 Å². The lowest BCUT2D eigenvalue weighted by molar-refractivity contribution is 0.0270. The van der Waals surface area contributed by atoms with E-state index in [9.17, 15) is 13.6 Å². The zero-order chi connectivity index (χ0) is 12.6. The van der Waals surface area contributed by atoms with Crippen LogP contribution in [0.15, 0.2) is 11.0 Å². The molecule has 2 rings (SSSR count). The molecule has 2 heterocycles. The summed E-state index contributed by atoms with van der Waals surface area (Å²) in [5, 5.41) is 8.81. The van der Waals surface area contributed by atoms with E-state index in [1.165, 1.54) is 0 Å². The van der Waals surface area contributed by atoms with Crippen LogP contribution in [0, 0.1) is 5.82 Å². The summed E-state index contributed by atoms with van der Waals surface area (Å²) in [7, 11) is 0. The number of hydrogen-bond acceptors (Lipinski definition) is 5. The summed E-state index contributed by atoms with van der Waals surface area (Å²) < 4.78 is 32.6. The molecule has 0 aromatic carbocycles. The Bertz CT molecular complexity index is 493. The Morgan fingerprint density at radius 3 is 3.06 bits per heavy atom. The number of rotatable bonds is 2. The van der Waals surface area contributed by atoms with Gasteiger partial charge in [-0.05, 0) is 0 Å². The minimum Gasteiger partial charge on any atom is -0.393 e. The summed E-state index contributed by atoms with van der Waals surface area (Å²) in [5.74, 6) is -1.40. The molecule has 2 atom stereocenters. The average Bonchev–Trinajstić information content (AvgIpc) is 2.67. The molecule has 0 saturated carbocycles. The van der Waals surface area contributed by atoms with Crippen molar-refractivity contribution in [3.05, 3.63) is 22.5 Å². The van der Waals surface area contributed by atoms with Gasteiger partial charge in [0.15, 0.2) is 17.3 Å². The van der Waals surface area contributed by atoms with Crippen molar-refractivity contribution in [1.82, 2.24) is 9.55 Å². The van der Waals surface area contributed by atoms with E-state index in [0.29, 0.717) is 0 Å². The monoisotopic (exact) mass is 247 g/mol. The first-order valence-corrected chi connectivity index (χ1v) is 4.91. The van der Waals surface area contributed by atoms with Gasteiger partial charge in [0.25, 0.3) is 0 Å². The molecule has 0 spiro atoms. The maximum Gasteiger partial charge on any atom is 0.351 e. The van der Waals surface area contributed by atoms with Crippen LogP contribution in [-0.4, -0.2) is 33.5 Å². The summed E-state index contributed by atoms with van der Waals surface area (Å²) in [6, 6.07) is 0. The van der Waals surface area contributed by atoms with Crippen molar-refractivity contribution >= 4 is 5.82 Å². The Morgan fingerprint density at radius 2 is 2.47 bits per heavy atom. The summed E-state index contributed by atoms with van der Waals surface area (Å²) in [4.78, 5) is 14.7. The molecule has 1 aromatic heterocycles. The van der Waals surface area contributed by atoms with Crippen molar-refractivity contribution in [2.75, 3.05) is 18.9 Å². The minimum absolute atomic E-state index is 0.242. The van der Waals surface area contributed by atoms with Gasteiger partial charge in [-0.2, -0.15) is 4.98 Å². The van der Waals surface area contributed by atoms with E-state index >= 15 is 0 Å². The van der Waals surface area contributed by atoms with Crippen molar-refractivity contribution < 1.29 is 18.6 Å². The van der Waals surface area contributed by atoms with E-state index in [2.05, 4.69) is 4.98 Å². The van der Waals surface area contributed by atoms with E-state index in [-0.39, 0.29) is 13.0 Å². The van der Waals surface area contributed by atoms with Crippen LogP contribution >= 0.6 is 0 Å². The fourth-order valence-electron chi connectivity index (χ4n) is 1.63. The minimum atomic E-state index is -1.91. The molecule has 3 N–H and O–H groups in total. The molecule has 8 heteroatoms. The Labute approximate surface area is 94.6 Å². The Balaban J connectivity index is 2.31. The fraction of sp³-hybridized carbons (Fsp3) is 0.556. The summed E-state index contributed by atoms with van der Waals surface area (Å²) in [6.07, 6.45) is -0.408. The lowest BCUT2D eigenvalue weighted by Gasteiger charge is -2.14. The van der Waals surface area contributed by atoms with Gasteiger partial charge in [-0.15, -0.1) is 0 Å². The molecule has 17 heavy (non-hydrogen) atoms. The number of aliphatic hydroxyl groups excluding tert-OH is 1. The van der Waals surface area contributed by atoms with Crippen LogP contribution in [0.3, 0.4) is 0 Å². The largest absolute Gasteiger partial charge is 0.393 e. The second-order valence-electron chi connectivity index (χ2n) is 3.94. The normalized spacial score (nSPS) is 28.5. The second kappa shape index (κ2) is 4.04. The predicted molar refractivity (Wildman–Crippen MR) is 53.4 cm³/mol. The van der Waals surface area contributed by atoms with E-state index in [0.717, 1.165) is 10.8 Å². The lowest BCUT2D eigenvalue weighted by Crippen LogP contribution is -2.30. The first-order valence-electron chi connectivity index (χ1n) is 4.91. The number of hydrogen-bond donors (Lipinski definition) is 2. The second-order valence-corrected chi connectivity index (χ2v) is 3.94. The number of nitrogens with two attached hydrogens (primary N) is 1. The number of nitrogens with zero attached hydrogens (tertiary/aromatic N) is 2. The van der Waals surface area contributed by atoms with Crippen LogP contribution < -0.4 is 11.4 Å². The number of ether oxygens (including phenoxy) is 1. The van der Waals surface area contributed by atoms with Gasteiger partial charge in [0.1, 0.15) is 6.23 Å². The van der Waals surface area contributed by atoms with Crippen LogP contribution in [0.25, 0.3) is 0 Å². The molecule has 1 aliphatic rings. The quantitative estimate of drug-likeness (QED) is 0.741. The van der Waals surface area contributed by atoms with Crippen molar-refractivity contribution in [2.24, 2.45) is 0 Å². The molecule has 0 amide bonds. The van der Waals surface area contributed by atoms with Crippen LogP contribution in [-0.2, 0) is 4.74 Å². The highest BCUT2D eigenvalue weighted by molar-refractivity contribution is 5.26. The molecule has 1 aliphatic heterocycles. The number of halogens is 2. The predicted octanol–water partition coefficient (Wildman–Crippen LogP) is -0.416. The number of anilines is 1. The molecule has 1 saturated heterocycles. The third-order valence-corrected chi connectivity index (χ3v) is 2.60. The van der Waals surface area contributed by atoms with E-state index in [1.54, 1.807) is 0 Å². The topological polar surface area (TPSA) is 90.4 Å². The number of aromatic nitrogens is 2. The Kier molecular flexibility index (Phi) is 2.84. The smallest absolute Gasteiger partial charge is 0.351 e. The van der Waals surface area contributed by atoms with Gasteiger partial charge in [0.05, 0.1) is 19.4 Å². The molecule has 0 radical (unpaired) electrons. The van der Waals surface area contributed by atoms with E-state index < -0.39 is 35.8 Å². The van der Waals surface area contributed by atoms with Gasteiger partial charge in [-0.3, -0.25) is 4.57 Å². The van der Waals surface area contributed by atoms with Crippen LogP contribution in [0.4, 0.5) is 14.6 Å². The van der Waals surface area contributed by atoms with Crippen molar-refractivity contribution in [1.29, 1.82) is 0 Å². The number of aliphatic hydroxyl groups is 1. The molecular weight excluding hydrogens is 236 g/mol. The summed E-state index contributed by atoms with van der Waals surface area (Å²) >= 11 is 0. The first kappa shape index (κ1) is 11.9. The molecule has 1 aromatic rings. The zero-order valence-corrected chi connectivity index (χ0v) is 8.77. The molecule has 94 valence electrons. The third kappa shape index (κ3) is 2.13. The molecule has 0 aliphatic carbocycles. The highest BCUT2D eigenvalue weighted by Gasteiger charge is 2.41. The Morgan fingerprint density at radius 1 is 1.76 bits per heavy atom. The SMILES string of the molecule is Nc1nc(=O)n([C@H]2C[C@@](F)(CO)CO2)cc1F. The highest BCUT2D eigenvalue weighted by atomic mass is 19.1. The fourth-order valence-corrected chi connectivity index (χ4v) is 1.63. The van der Waals surface area contributed by atoms with Crippen LogP contribution in [0.1, 0.15) is 12.6 Å². The standard InChI is InChI=1S/C9H11F2N3O3/c10-5-2-14(8(16)13-7(5)12)6-1-9(11,3-15)4-17-6/h2,6,15H,1,3-4H2,(H2,12,13,16)/t6-,9-/m1/s1. The third-order valence-electron chi connectivity index (χ3n) is 2.60. The lowest BCUT2D eigenvalue weighted by atomic mass is 10.1. The van der Waals surface area contributed by atoms with E-state index in [1.807, 2.05) is 0 Å². The van der Waals surface area contributed by atoms with Crippen molar-refractivity contribution in [2.45, 2.75) is 18.3 Å². The molecule has 1 fully saturated rings. The number of nitrogen functional groups attached to an aromatic ring is 1. The Hall–Kier alpha value is -1.54. The summed E-state index contributed by atoms with van der Waals surface area (Å²) in [6.45, 7) is -1.07. The zero-order valence-electron chi connectivity index (χ0n) is 8.77.